The number of nitrogens with one attached hydrogen (secondary N) is 1. The number of hydrogen-bond donors (Lipinski definition) is 1. The number of halogens is 1. The maximum absolute atomic E-state index is 12.2. The maximum atomic E-state index is 12.2. The minimum atomic E-state index is -3.73. The summed E-state index contributed by atoms with van der Waals surface area (Å²) >= 11 is 5.96. The van der Waals surface area contributed by atoms with Gasteiger partial charge in [0.15, 0.2) is 10.7 Å². The molecule has 2 rings (SSSR count). The number of anilines is 1. The highest BCUT2D eigenvalue weighted by Crippen LogP contribution is 2.25. The van der Waals surface area contributed by atoms with Crippen molar-refractivity contribution in [1.29, 1.82) is 0 Å². The van der Waals surface area contributed by atoms with E-state index < -0.39 is 10.0 Å². The van der Waals surface area contributed by atoms with E-state index >= 15 is 0 Å². The molecule has 0 saturated heterocycles. The molecule has 2 aromatic rings. The number of hydrogen-bond acceptors (Lipinski definition) is 4. The van der Waals surface area contributed by atoms with Crippen molar-refractivity contribution in [3.05, 3.63) is 40.2 Å². The van der Waals surface area contributed by atoms with Gasteiger partial charge in [0.05, 0.1) is 5.69 Å². The van der Waals surface area contributed by atoms with Gasteiger partial charge in [-0.1, -0.05) is 22.8 Å². The summed E-state index contributed by atoms with van der Waals surface area (Å²) in [4.78, 5) is 0.0594. The molecule has 1 heterocycles. The van der Waals surface area contributed by atoms with Gasteiger partial charge in [-0.2, -0.15) is 0 Å². The molecule has 0 aliphatic carbocycles. The molecule has 1 aromatic carbocycles. The molecule has 0 fully saturated rings. The smallest absolute Gasteiger partial charge is 0.267 e. The quantitative estimate of drug-likeness (QED) is 0.945. The Labute approximate surface area is 116 Å². The lowest BCUT2D eigenvalue weighted by molar-refractivity contribution is 0.390. The Hall–Kier alpha value is -1.53. The van der Waals surface area contributed by atoms with Crippen LogP contribution >= 0.6 is 11.6 Å². The number of sulfonamides is 1. The van der Waals surface area contributed by atoms with E-state index in [9.17, 15) is 8.42 Å². The average molecular weight is 301 g/mol. The molecular formula is C12H13ClN2O3S. The molecule has 5 nitrogen and oxygen atoms in total. The van der Waals surface area contributed by atoms with Crippen LogP contribution in [0.1, 0.15) is 17.0 Å². The predicted molar refractivity (Wildman–Crippen MR) is 73.0 cm³/mol. The largest absolute Gasteiger partial charge is 0.360 e. The van der Waals surface area contributed by atoms with Crippen LogP contribution in [0.25, 0.3) is 0 Å². The summed E-state index contributed by atoms with van der Waals surface area (Å²) in [6, 6.07) is 4.96. The number of aromatic nitrogens is 1. The summed E-state index contributed by atoms with van der Waals surface area (Å²) in [7, 11) is -3.73. The van der Waals surface area contributed by atoms with Crippen LogP contribution in [0.3, 0.4) is 0 Å². The van der Waals surface area contributed by atoms with E-state index in [1.807, 2.05) is 6.92 Å². The summed E-state index contributed by atoms with van der Waals surface area (Å²) in [5, 5.41) is 4.13. The molecule has 0 saturated carbocycles. The van der Waals surface area contributed by atoms with Crippen molar-refractivity contribution in [3.8, 4) is 0 Å². The summed E-state index contributed by atoms with van der Waals surface area (Å²) in [5.41, 5.74) is 1.60. The SMILES string of the molecule is Cc1ccc(NS(=O)(=O)c2c(C)noc2C)cc1Cl. The average Bonchev–Trinajstić information content (AvgIpc) is 2.64. The van der Waals surface area contributed by atoms with Crippen molar-refractivity contribution in [1.82, 2.24) is 5.16 Å². The van der Waals surface area contributed by atoms with Crippen LogP contribution in [0, 0.1) is 20.8 Å². The fraction of sp³-hybridized carbons (Fsp3) is 0.250. The minimum Gasteiger partial charge on any atom is -0.360 e. The van der Waals surface area contributed by atoms with Gasteiger partial charge >= 0.3 is 0 Å². The Morgan fingerprint density at radius 1 is 1.26 bits per heavy atom. The normalized spacial score (nSPS) is 11.6. The Balaban J connectivity index is 2.39. The lowest BCUT2D eigenvalue weighted by atomic mass is 10.2. The van der Waals surface area contributed by atoms with E-state index in [4.69, 9.17) is 16.1 Å². The van der Waals surface area contributed by atoms with Gasteiger partial charge < -0.3 is 4.52 Å². The van der Waals surface area contributed by atoms with E-state index in [-0.39, 0.29) is 10.7 Å². The van der Waals surface area contributed by atoms with Crippen LogP contribution in [0.2, 0.25) is 5.02 Å². The summed E-state index contributed by atoms with van der Waals surface area (Å²) in [6.07, 6.45) is 0. The Bertz CT molecular complexity index is 703. The monoisotopic (exact) mass is 300 g/mol. The second kappa shape index (κ2) is 4.86. The van der Waals surface area contributed by atoms with Gasteiger partial charge in [0.1, 0.15) is 5.69 Å². The van der Waals surface area contributed by atoms with Crippen molar-refractivity contribution < 1.29 is 12.9 Å². The van der Waals surface area contributed by atoms with Gasteiger partial charge in [-0.25, -0.2) is 8.42 Å². The number of benzene rings is 1. The molecule has 0 atom stereocenters. The highest BCUT2D eigenvalue weighted by atomic mass is 35.5. The zero-order valence-electron chi connectivity index (χ0n) is 10.7. The first-order chi connectivity index (χ1) is 8.81. The third-order valence-corrected chi connectivity index (χ3v) is 4.69. The molecule has 19 heavy (non-hydrogen) atoms. The van der Waals surface area contributed by atoms with Crippen molar-refractivity contribution >= 4 is 27.3 Å². The van der Waals surface area contributed by atoms with Crippen molar-refractivity contribution in [3.63, 3.8) is 0 Å². The standard InChI is InChI=1S/C12H13ClN2O3S/c1-7-4-5-10(6-11(7)13)15-19(16,17)12-8(2)14-18-9(12)3/h4-6,15H,1-3H3. The van der Waals surface area contributed by atoms with E-state index in [1.165, 1.54) is 0 Å². The van der Waals surface area contributed by atoms with Gasteiger partial charge in [0, 0.05) is 5.02 Å². The Kier molecular flexibility index (Phi) is 3.56. The van der Waals surface area contributed by atoms with Crippen LogP contribution in [0.5, 0.6) is 0 Å². The second-order valence-corrected chi connectivity index (χ2v) is 6.25. The van der Waals surface area contributed by atoms with Crippen molar-refractivity contribution in [2.45, 2.75) is 25.7 Å². The number of nitrogens with zero attached hydrogens (tertiary/aromatic N) is 1. The van der Waals surface area contributed by atoms with Crippen LogP contribution < -0.4 is 4.72 Å². The molecule has 0 amide bonds. The third-order valence-electron chi connectivity index (χ3n) is 2.66. The van der Waals surface area contributed by atoms with Crippen LogP contribution in [0.15, 0.2) is 27.6 Å². The molecule has 0 spiro atoms. The molecule has 0 radical (unpaired) electrons. The lowest BCUT2D eigenvalue weighted by Crippen LogP contribution is -2.14. The zero-order chi connectivity index (χ0) is 14.2. The molecule has 0 unspecified atom stereocenters. The first-order valence-electron chi connectivity index (χ1n) is 5.53. The molecule has 1 aromatic heterocycles. The van der Waals surface area contributed by atoms with Crippen molar-refractivity contribution in [2.24, 2.45) is 0 Å². The maximum Gasteiger partial charge on any atom is 0.267 e. The van der Waals surface area contributed by atoms with Gasteiger partial charge in [0.2, 0.25) is 0 Å². The summed E-state index contributed by atoms with van der Waals surface area (Å²) in [6.45, 7) is 4.97. The lowest BCUT2D eigenvalue weighted by Gasteiger charge is -2.08. The number of rotatable bonds is 3. The van der Waals surface area contributed by atoms with E-state index in [0.29, 0.717) is 16.4 Å². The highest BCUT2D eigenvalue weighted by Gasteiger charge is 2.24. The van der Waals surface area contributed by atoms with E-state index in [0.717, 1.165) is 5.56 Å². The highest BCUT2D eigenvalue weighted by molar-refractivity contribution is 7.92. The molecular weight excluding hydrogens is 288 g/mol. The summed E-state index contributed by atoms with van der Waals surface area (Å²) < 4.78 is 31.8. The molecule has 0 aliphatic heterocycles. The zero-order valence-corrected chi connectivity index (χ0v) is 12.3. The van der Waals surface area contributed by atoms with Crippen molar-refractivity contribution in [2.75, 3.05) is 4.72 Å². The van der Waals surface area contributed by atoms with Gasteiger partial charge in [-0.05, 0) is 38.5 Å². The van der Waals surface area contributed by atoms with Gasteiger partial charge in [-0.15, -0.1) is 0 Å². The fourth-order valence-electron chi connectivity index (χ4n) is 1.72. The fourth-order valence-corrected chi connectivity index (χ4v) is 3.28. The molecule has 0 aliphatic rings. The first kappa shape index (κ1) is 13.9. The van der Waals surface area contributed by atoms with E-state index in [2.05, 4.69) is 9.88 Å². The van der Waals surface area contributed by atoms with Crippen LogP contribution in [-0.2, 0) is 10.0 Å². The second-order valence-electron chi connectivity index (χ2n) is 4.22. The molecule has 7 heteroatoms. The topological polar surface area (TPSA) is 72.2 Å². The van der Waals surface area contributed by atoms with Crippen LogP contribution in [-0.4, -0.2) is 13.6 Å². The third kappa shape index (κ3) is 2.74. The van der Waals surface area contributed by atoms with Crippen LogP contribution in [0.4, 0.5) is 5.69 Å². The molecule has 0 bridgehead atoms. The Morgan fingerprint density at radius 2 is 1.95 bits per heavy atom. The first-order valence-corrected chi connectivity index (χ1v) is 7.39. The van der Waals surface area contributed by atoms with Gasteiger partial charge in [-0.3, -0.25) is 4.72 Å². The minimum absolute atomic E-state index is 0.0594. The predicted octanol–water partition coefficient (Wildman–Crippen LogP) is 3.05. The molecule has 1 N–H and O–H groups in total. The van der Waals surface area contributed by atoms with Gasteiger partial charge in [0.25, 0.3) is 10.0 Å². The Morgan fingerprint density at radius 3 is 2.47 bits per heavy atom. The molecule has 102 valence electrons. The summed E-state index contributed by atoms with van der Waals surface area (Å²) in [5.74, 6) is 0.253. The van der Waals surface area contributed by atoms with E-state index in [1.54, 1.807) is 32.0 Å². The number of aryl methyl sites for hydroxylation is 3.